The van der Waals surface area contributed by atoms with Crippen molar-refractivity contribution in [1.29, 1.82) is 0 Å². The number of ether oxygens (including phenoxy) is 1. The molecule has 0 aliphatic carbocycles. The van der Waals surface area contributed by atoms with Crippen LogP contribution in [0.3, 0.4) is 0 Å². The van der Waals surface area contributed by atoms with Crippen molar-refractivity contribution in [2.75, 3.05) is 16.6 Å². The molecule has 0 fully saturated rings. The number of benzene rings is 3. The zero-order valence-electron chi connectivity index (χ0n) is 16.2. The minimum absolute atomic E-state index is 0.141. The Bertz CT molecular complexity index is 1140. The molecule has 0 saturated carbocycles. The van der Waals surface area contributed by atoms with Gasteiger partial charge in [-0.2, -0.15) is 0 Å². The van der Waals surface area contributed by atoms with Gasteiger partial charge in [0.05, 0.1) is 22.8 Å². The first-order valence-corrected chi connectivity index (χ1v) is 10.6. The van der Waals surface area contributed by atoms with E-state index in [2.05, 4.69) is 10.0 Å². The lowest BCUT2D eigenvalue weighted by Crippen LogP contribution is -2.16. The van der Waals surface area contributed by atoms with E-state index in [-0.39, 0.29) is 17.1 Å². The summed E-state index contributed by atoms with van der Waals surface area (Å²) in [5, 5.41) is 2.68. The number of nitrogens with one attached hydrogen (secondary N) is 2. The van der Waals surface area contributed by atoms with Crippen molar-refractivity contribution < 1.29 is 22.7 Å². The molecule has 0 bridgehead atoms. The smallest absolute Gasteiger partial charge is 0.340 e. The van der Waals surface area contributed by atoms with Crippen LogP contribution < -0.4 is 10.0 Å². The summed E-state index contributed by atoms with van der Waals surface area (Å²) in [7, 11) is -3.72. The summed E-state index contributed by atoms with van der Waals surface area (Å²) < 4.78 is 32.2. The normalized spacial score (nSPS) is 10.8. The van der Waals surface area contributed by atoms with Crippen molar-refractivity contribution in [1.82, 2.24) is 0 Å². The second kappa shape index (κ2) is 9.23. The number of hydrogen-bond acceptors (Lipinski definition) is 5. The number of carbonyl (C=O) groups is 2. The number of sulfonamides is 1. The van der Waals surface area contributed by atoms with Gasteiger partial charge in [-0.05, 0) is 55.5 Å². The van der Waals surface area contributed by atoms with Crippen LogP contribution in [0.5, 0.6) is 0 Å². The highest BCUT2D eigenvalue weighted by Crippen LogP contribution is 2.19. The van der Waals surface area contributed by atoms with Crippen LogP contribution in [0, 0.1) is 0 Å². The zero-order valence-corrected chi connectivity index (χ0v) is 17.0. The maximum absolute atomic E-state index is 12.6. The van der Waals surface area contributed by atoms with Gasteiger partial charge in [0, 0.05) is 11.3 Å². The third kappa shape index (κ3) is 5.03. The van der Waals surface area contributed by atoms with Gasteiger partial charge in [0.1, 0.15) is 0 Å². The van der Waals surface area contributed by atoms with Crippen molar-refractivity contribution >= 4 is 33.3 Å². The van der Waals surface area contributed by atoms with Crippen LogP contribution in [0.4, 0.5) is 11.4 Å². The summed E-state index contributed by atoms with van der Waals surface area (Å²) in [4.78, 5) is 24.7. The van der Waals surface area contributed by atoms with Crippen molar-refractivity contribution in [3.8, 4) is 0 Å². The fraction of sp³-hybridized carbons (Fsp3) is 0.0909. The molecule has 0 radical (unpaired) electrons. The number of esters is 1. The topological polar surface area (TPSA) is 102 Å². The zero-order chi connectivity index (χ0) is 21.6. The molecule has 0 saturated heterocycles. The molecule has 3 aromatic carbocycles. The van der Waals surface area contributed by atoms with Crippen LogP contribution in [-0.4, -0.2) is 26.9 Å². The van der Waals surface area contributed by atoms with Gasteiger partial charge in [-0.25, -0.2) is 13.2 Å². The third-order valence-electron chi connectivity index (χ3n) is 4.12. The molecule has 0 aromatic heterocycles. The number of carbonyl (C=O) groups excluding carboxylic acids is 2. The highest BCUT2D eigenvalue weighted by molar-refractivity contribution is 7.92. The van der Waals surface area contributed by atoms with E-state index >= 15 is 0 Å². The lowest BCUT2D eigenvalue weighted by Gasteiger charge is -2.11. The van der Waals surface area contributed by atoms with Crippen LogP contribution >= 0.6 is 0 Å². The van der Waals surface area contributed by atoms with Gasteiger partial charge < -0.3 is 10.1 Å². The molecule has 154 valence electrons. The number of amides is 1. The molecule has 2 N–H and O–H groups in total. The molecular formula is C22H20N2O5S. The summed E-state index contributed by atoms with van der Waals surface area (Å²) in [6.45, 7) is 1.92. The quantitative estimate of drug-likeness (QED) is 0.560. The molecule has 30 heavy (non-hydrogen) atoms. The lowest BCUT2D eigenvalue weighted by atomic mass is 10.1. The maximum Gasteiger partial charge on any atom is 0.340 e. The number of hydrogen-bond donors (Lipinski definition) is 2. The van der Waals surface area contributed by atoms with E-state index in [4.69, 9.17) is 4.74 Å². The van der Waals surface area contributed by atoms with Gasteiger partial charge in [-0.1, -0.05) is 30.3 Å². The minimum atomic E-state index is -3.72. The van der Waals surface area contributed by atoms with Gasteiger partial charge >= 0.3 is 5.97 Å². The molecule has 0 aliphatic heterocycles. The SMILES string of the molecule is CCOC(=O)c1ccccc1NC(=O)c1ccc(NS(=O)(=O)c2ccccc2)cc1. The maximum atomic E-state index is 12.6. The van der Waals surface area contributed by atoms with E-state index in [0.29, 0.717) is 16.9 Å². The first-order valence-electron chi connectivity index (χ1n) is 9.16. The van der Waals surface area contributed by atoms with E-state index in [0.717, 1.165) is 0 Å². The average molecular weight is 424 g/mol. The monoisotopic (exact) mass is 424 g/mol. The summed E-state index contributed by atoms with van der Waals surface area (Å²) >= 11 is 0. The van der Waals surface area contributed by atoms with Crippen LogP contribution in [0.2, 0.25) is 0 Å². The summed E-state index contributed by atoms with van der Waals surface area (Å²) in [5.41, 5.74) is 1.20. The Labute approximate surface area is 174 Å². The summed E-state index contributed by atoms with van der Waals surface area (Å²) in [5.74, 6) is -0.969. The second-order valence-electron chi connectivity index (χ2n) is 6.22. The molecule has 7 nitrogen and oxygen atoms in total. The molecule has 0 atom stereocenters. The Balaban J connectivity index is 1.73. The van der Waals surface area contributed by atoms with E-state index in [1.807, 2.05) is 0 Å². The van der Waals surface area contributed by atoms with E-state index < -0.39 is 21.9 Å². The highest BCUT2D eigenvalue weighted by atomic mass is 32.2. The van der Waals surface area contributed by atoms with E-state index in [1.165, 1.54) is 36.4 Å². The second-order valence-corrected chi connectivity index (χ2v) is 7.90. The third-order valence-corrected chi connectivity index (χ3v) is 5.52. The Morgan fingerprint density at radius 1 is 0.867 bits per heavy atom. The molecule has 3 rings (SSSR count). The van der Waals surface area contributed by atoms with E-state index in [9.17, 15) is 18.0 Å². The van der Waals surface area contributed by atoms with Crippen LogP contribution in [0.1, 0.15) is 27.6 Å². The fourth-order valence-corrected chi connectivity index (χ4v) is 3.76. The highest BCUT2D eigenvalue weighted by Gasteiger charge is 2.16. The molecule has 8 heteroatoms. The van der Waals surface area contributed by atoms with Crippen LogP contribution in [-0.2, 0) is 14.8 Å². The lowest BCUT2D eigenvalue weighted by molar-refractivity contribution is 0.0527. The minimum Gasteiger partial charge on any atom is -0.462 e. The first kappa shape index (κ1) is 21.1. The Hall–Kier alpha value is -3.65. The predicted octanol–water partition coefficient (Wildman–Crippen LogP) is 3.92. The molecule has 0 spiro atoms. The van der Waals surface area contributed by atoms with Crippen molar-refractivity contribution in [3.05, 3.63) is 90.0 Å². The van der Waals surface area contributed by atoms with Gasteiger partial charge in [-0.3, -0.25) is 9.52 Å². The van der Waals surface area contributed by atoms with Gasteiger partial charge in [-0.15, -0.1) is 0 Å². The van der Waals surface area contributed by atoms with Crippen molar-refractivity contribution in [3.63, 3.8) is 0 Å². The predicted molar refractivity (Wildman–Crippen MR) is 114 cm³/mol. The Kier molecular flexibility index (Phi) is 6.48. The molecular weight excluding hydrogens is 404 g/mol. The molecule has 0 unspecified atom stereocenters. The summed E-state index contributed by atoms with van der Waals surface area (Å²) in [6, 6.07) is 20.5. The first-order chi connectivity index (χ1) is 14.4. The molecule has 0 heterocycles. The van der Waals surface area contributed by atoms with Gasteiger partial charge in [0.2, 0.25) is 0 Å². The summed E-state index contributed by atoms with van der Waals surface area (Å²) in [6.07, 6.45) is 0. The Morgan fingerprint density at radius 2 is 1.50 bits per heavy atom. The van der Waals surface area contributed by atoms with Crippen LogP contribution in [0.15, 0.2) is 83.8 Å². The fourth-order valence-electron chi connectivity index (χ4n) is 2.68. The number of anilines is 2. The van der Waals surface area contributed by atoms with Crippen molar-refractivity contribution in [2.45, 2.75) is 11.8 Å². The Morgan fingerprint density at radius 3 is 2.17 bits per heavy atom. The average Bonchev–Trinajstić information content (AvgIpc) is 2.75. The molecule has 0 aliphatic rings. The molecule has 1 amide bonds. The standard InChI is InChI=1S/C22H20N2O5S/c1-2-29-22(26)19-10-6-7-11-20(19)23-21(25)16-12-14-17(15-13-16)24-30(27,28)18-8-4-3-5-9-18/h3-15,24H,2H2,1H3,(H,23,25). The van der Waals surface area contributed by atoms with Crippen LogP contribution in [0.25, 0.3) is 0 Å². The van der Waals surface area contributed by atoms with Gasteiger partial charge in [0.15, 0.2) is 0 Å². The van der Waals surface area contributed by atoms with E-state index in [1.54, 1.807) is 49.4 Å². The number of rotatable bonds is 7. The van der Waals surface area contributed by atoms with Gasteiger partial charge in [0.25, 0.3) is 15.9 Å². The largest absolute Gasteiger partial charge is 0.462 e. The molecule has 3 aromatic rings. The number of para-hydroxylation sites is 1. The van der Waals surface area contributed by atoms with Crippen molar-refractivity contribution in [2.24, 2.45) is 0 Å².